The zero-order valence-electron chi connectivity index (χ0n) is 7.77. The Kier molecular flexibility index (Phi) is 2.69. The van der Waals surface area contributed by atoms with Crippen molar-refractivity contribution in [2.24, 2.45) is 0 Å². The first kappa shape index (κ1) is 9.08. The zero-order valence-corrected chi connectivity index (χ0v) is 8.58. The lowest BCUT2D eigenvalue weighted by Gasteiger charge is -2.02. The van der Waals surface area contributed by atoms with E-state index in [2.05, 4.69) is 20.5 Å². The summed E-state index contributed by atoms with van der Waals surface area (Å²) in [4.78, 5) is 5.18. The van der Waals surface area contributed by atoms with E-state index in [1.165, 1.54) is 4.88 Å². The van der Waals surface area contributed by atoms with Crippen LogP contribution in [0.1, 0.15) is 10.4 Å². The van der Waals surface area contributed by atoms with Crippen LogP contribution in [0.4, 0.5) is 5.82 Å². The fourth-order valence-electron chi connectivity index (χ4n) is 1.06. The molecular weight excluding hydrogens is 196 g/mol. The smallest absolute Gasteiger partial charge is 0.149 e. The van der Waals surface area contributed by atoms with E-state index < -0.39 is 0 Å². The molecule has 0 aliphatic heterocycles. The number of nitrogens with zero attached hydrogens (tertiary/aromatic N) is 3. The highest BCUT2D eigenvalue weighted by atomic mass is 32.1. The van der Waals surface area contributed by atoms with Crippen molar-refractivity contribution in [3.63, 3.8) is 0 Å². The Morgan fingerprint density at radius 2 is 2.36 bits per heavy atom. The molecule has 4 nitrogen and oxygen atoms in total. The van der Waals surface area contributed by atoms with Crippen LogP contribution in [0.5, 0.6) is 0 Å². The molecule has 0 aliphatic carbocycles. The Labute approximate surface area is 86.0 Å². The number of rotatable bonds is 3. The molecule has 0 aromatic carbocycles. The van der Waals surface area contributed by atoms with Gasteiger partial charge in [-0.3, -0.25) is 4.98 Å². The van der Waals surface area contributed by atoms with Crippen molar-refractivity contribution in [1.29, 1.82) is 0 Å². The first-order valence-electron chi connectivity index (χ1n) is 4.25. The number of anilines is 1. The van der Waals surface area contributed by atoms with E-state index in [4.69, 9.17) is 0 Å². The molecule has 0 unspecified atom stereocenters. The number of hydrogen-bond acceptors (Lipinski definition) is 5. The second-order valence-corrected chi connectivity index (χ2v) is 3.91. The average Bonchev–Trinajstić information content (AvgIpc) is 2.67. The Morgan fingerprint density at radius 1 is 1.43 bits per heavy atom. The molecule has 72 valence electrons. The second kappa shape index (κ2) is 4.15. The van der Waals surface area contributed by atoms with E-state index in [-0.39, 0.29) is 0 Å². The van der Waals surface area contributed by atoms with Gasteiger partial charge in [-0.1, -0.05) is 0 Å². The molecule has 0 atom stereocenters. The van der Waals surface area contributed by atoms with Crippen molar-refractivity contribution in [3.05, 3.63) is 34.4 Å². The molecule has 0 saturated carbocycles. The van der Waals surface area contributed by atoms with E-state index in [9.17, 15) is 0 Å². The van der Waals surface area contributed by atoms with Crippen LogP contribution >= 0.6 is 11.3 Å². The van der Waals surface area contributed by atoms with Gasteiger partial charge in [0.25, 0.3) is 0 Å². The topological polar surface area (TPSA) is 50.7 Å². The van der Waals surface area contributed by atoms with Crippen molar-refractivity contribution in [2.45, 2.75) is 13.5 Å². The summed E-state index contributed by atoms with van der Waals surface area (Å²) in [6, 6.07) is 1.97. The summed E-state index contributed by atoms with van der Waals surface area (Å²) in [7, 11) is 0. The van der Waals surface area contributed by atoms with Gasteiger partial charge in [0.15, 0.2) is 0 Å². The standard InChI is InChI=1S/C9H10N4S/c1-7-2-9(13-12-3-7)11-5-8-4-10-6-14-8/h2-4,6H,5H2,1H3,(H,11,13). The minimum absolute atomic E-state index is 0.753. The number of aromatic nitrogens is 3. The van der Waals surface area contributed by atoms with E-state index >= 15 is 0 Å². The van der Waals surface area contributed by atoms with Crippen LogP contribution in [0.25, 0.3) is 0 Å². The first-order valence-corrected chi connectivity index (χ1v) is 5.13. The van der Waals surface area contributed by atoms with Gasteiger partial charge in [-0.05, 0) is 18.6 Å². The van der Waals surface area contributed by atoms with Gasteiger partial charge in [-0.25, -0.2) is 0 Å². The van der Waals surface area contributed by atoms with E-state index in [1.807, 2.05) is 24.7 Å². The monoisotopic (exact) mass is 206 g/mol. The molecule has 0 saturated heterocycles. The highest BCUT2D eigenvalue weighted by Gasteiger charge is 1.96. The lowest BCUT2D eigenvalue weighted by atomic mass is 10.3. The van der Waals surface area contributed by atoms with Crippen molar-refractivity contribution in [1.82, 2.24) is 15.2 Å². The predicted octanol–water partition coefficient (Wildman–Crippen LogP) is 1.85. The summed E-state index contributed by atoms with van der Waals surface area (Å²) in [6.45, 7) is 2.75. The van der Waals surface area contributed by atoms with Crippen molar-refractivity contribution in [3.8, 4) is 0 Å². The summed E-state index contributed by atoms with van der Waals surface area (Å²) < 4.78 is 0. The van der Waals surface area contributed by atoms with Crippen LogP contribution < -0.4 is 5.32 Å². The summed E-state index contributed by atoms with van der Waals surface area (Å²) >= 11 is 1.62. The summed E-state index contributed by atoms with van der Waals surface area (Å²) in [5.41, 5.74) is 2.92. The van der Waals surface area contributed by atoms with Crippen LogP contribution in [0, 0.1) is 6.92 Å². The molecule has 2 heterocycles. The van der Waals surface area contributed by atoms with Crippen molar-refractivity contribution in [2.75, 3.05) is 5.32 Å². The predicted molar refractivity (Wildman–Crippen MR) is 56.2 cm³/mol. The van der Waals surface area contributed by atoms with Crippen molar-refractivity contribution < 1.29 is 0 Å². The van der Waals surface area contributed by atoms with Gasteiger partial charge in [-0.2, -0.15) is 5.10 Å². The second-order valence-electron chi connectivity index (χ2n) is 2.94. The number of aryl methyl sites for hydroxylation is 1. The van der Waals surface area contributed by atoms with Gasteiger partial charge >= 0.3 is 0 Å². The first-order chi connectivity index (χ1) is 6.84. The maximum atomic E-state index is 3.99. The number of hydrogen-bond donors (Lipinski definition) is 1. The lowest BCUT2D eigenvalue weighted by molar-refractivity contribution is 0.992. The fraction of sp³-hybridized carbons (Fsp3) is 0.222. The molecule has 5 heteroatoms. The third kappa shape index (κ3) is 2.26. The molecule has 0 spiro atoms. The minimum Gasteiger partial charge on any atom is -0.364 e. The van der Waals surface area contributed by atoms with Gasteiger partial charge in [0.05, 0.1) is 18.3 Å². The average molecular weight is 206 g/mol. The molecule has 0 bridgehead atoms. The normalized spacial score (nSPS) is 10.1. The van der Waals surface area contributed by atoms with E-state index in [0.717, 1.165) is 17.9 Å². The molecule has 1 N–H and O–H groups in total. The highest BCUT2D eigenvalue weighted by molar-refractivity contribution is 7.09. The third-order valence-electron chi connectivity index (χ3n) is 1.72. The molecular formula is C9H10N4S. The number of thiazole rings is 1. The lowest BCUT2D eigenvalue weighted by Crippen LogP contribution is -2.00. The zero-order chi connectivity index (χ0) is 9.80. The van der Waals surface area contributed by atoms with Gasteiger partial charge in [0.1, 0.15) is 5.82 Å². The molecule has 2 aromatic heterocycles. The molecule has 2 rings (SSSR count). The quantitative estimate of drug-likeness (QED) is 0.832. The molecule has 0 radical (unpaired) electrons. The van der Waals surface area contributed by atoms with Crippen LogP contribution in [0.3, 0.4) is 0 Å². The maximum Gasteiger partial charge on any atom is 0.149 e. The van der Waals surface area contributed by atoms with Crippen LogP contribution in [-0.4, -0.2) is 15.2 Å². The van der Waals surface area contributed by atoms with Gasteiger partial charge < -0.3 is 5.32 Å². The summed E-state index contributed by atoms with van der Waals surface area (Å²) in [5, 5.41) is 11.0. The third-order valence-corrected chi connectivity index (χ3v) is 2.50. The van der Waals surface area contributed by atoms with Crippen LogP contribution in [-0.2, 0) is 6.54 Å². The SMILES string of the molecule is Cc1cnnc(NCc2cncs2)c1. The minimum atomic E-state index is 0.753. The fourth-order valence-corrected chi connectivity index (χ4v) is 1.59. The van der Waals surface area contributed by atoms with Crippen LogP contribution in [0.2, 0.25) is 0 Å². The Bertz CT molecular complexity index is 399. The van der Waals surface area contributed by atoms with Crippen molar-refractivity contribution >= 4 is 17.2 Å². The Morgan fingerprint density at radius 3 is 3.07 bits per heavy atom. The van der Waals surface area contributed by atoms with E-state index in [0.29, 0.717) is 0 Å². The highest BCUT2D eigenvalue weighted by Crippen LogP contribution is 2.09. The largest absolute Gasteiger partial charge is 0.364 e. The summed E-state index contributed by atoms with van der Waals surface area (Å²) in [5.74, 6) is 0.804. The van der Waals surface area contributed by atoms with Gasteiger partial charge in [0.2, 0.25) is 0 Å². The maximum absolute atomic E-state index is 3.99. The Balaban J connectivity index is 1.98. The summed E-state index contributed by atoms with van der Waals surface area (Å²) in [6.07, 6.45) is 3.58. The molecule has 14 heavy (non-hydrogen) atoms. The molecule has 2 aromatic rings. The van der Waals surface area contributed by atoms with E-state index in [1.54, 1.807) is 17.5 Å². The number of nitrogens with one attached hydrogen (secondary N) is 1. The van der Waals surface area contributed by atoms with Gasteiger partial charge in [-0.15, -0.1) is 16.4 Å². The Hall–Kier alpha value is -1.49. The molecule has 0 amide bonds. The van der Waals surface area contributed by atoms with Gasteiger partial charge in [0, 0.05) is 11.1 Å². The van der Waals surface area contributed by atoms with Crippen LogP contribution in [0.15, 0.2) is 24.0 Å². The molecule has 0 aliphatic rings. The molecule has 0 fully saturated rings.